The lowest BCUT2D eigenvalue weighted by atomic mass is 10.3. The van der Waals surface area contributed by atoms with E-state index in [2.05, 4.69) is 11.7 Å². The second-order valence-electron chi connectivity index (χ2n) is 4.92. The van der Waals surface area contributed by atoms with Crippen LogP contribution in [0.15, 0.2) is 36.4 Å². The van der Waals surface area contributed by atoms with Crippen molar-refractivity contribution in [2.75, 3.05) is 5.08 Å². The zero-order valence-corrected chi connectivity index (χ0v) is 14.2. The van der Waals surface area contributed by atoms with Gasteiger partial charge in [0, 0.05) is 12.1 Å². The smallest absolute Gasteiger partial charge is 0.175 e. The Hall–Kier alpha value is -2.20. The van der Waals surface area contributed by atoms with Crippen LogP contribution in [0.2, 0.25) is 0 Å². The van der Waals surface area contributed by atoms with Crippen LogP contribution in [-0.4, -0.2) is 25.2 Å². The van der Waals surface area contributed by atoms with E-state index in [1.807, 2.05) is 0 Å². The van der Waals surface area contributed by atoms with Crippen LogP contribution in [0.25, 0.3) is 0 Å². The summed E-state index contributed by atoms with van der Waals surface area (Å²) in [5.41, 5.74) is 0. The third-order valence-corrected chi connectivity index (χ3v) is 6.47. The third kappa shape index (κ3) is 5.40. The zero-order valence-electron chi connectivity index (χ0n) is 12.5. The summed E-state index contributed by atoms with van der Waals surface area (Å²) in [4.78, 5) is 0. The lowest BCUT2D eigenvalue weighted by Crippen LogP contribution is -2.25. The maximum atomic E-state index is 13.5. The van der Waals surface area contributed by atoms with Crippen LogP contribution < -0.4 is 8.37 Å². The van der Waals surface area contributed by atoms with Gasteiger partial charge in [-0.1, -0.05) is 0 Å². The molecule has 2 aromatic carbocycles. The number of rotatable bonds is 6. The minimum Gasteiger partial charge on any atom is -0.405 e. The lowest BCUT2D eigenvalue weighted by Gasteiger charge is -2.16. The molecule has 0 heterocycles. The highest BCUT2D eigenvalue weighted by atomic mass is 32.3. The fourth-order valence-electron chi connectivity index (χ4n) is 1.73. The van der Waals surface area contributed by atoms with E-state index in [1.54, 1.807) is 0 Å². The van der Waals surface area contributed by atoms with E-state index in [0.29, 0.717) is 12.1 Å². The summed E-state index contributed by atoms with van der Waals surface area (Å²) in [7, 11) is -7.38. The fourth-order valence-corrected chi connectivity index (χ4v) is 5.23. The standard InChI is InChI=1S/C15H12F4O4S2/c1-24(20,22-14-5-3-10(16)7-12(14)18)9-25(2,21)23-15-6-4-11(17)8-13(15)19/h3-8H,1-2,9H2. The van der Waals surface area contributed by atoms with E-state index >= 15 is 0 Å². The molecule has 0 aliphatic carbocycles. The van der Waals surface area contributed by atoms with Crippen molar-refractivity contribution < 1.29 is 34.3 Å². The number of hydrogen-bond acceptors (Lipinski definition) is 4. The Kier molecular flexibility index (Phi) is 5.33. The van der Waals surface area contributed by atoms with Gasteiger partial charge in [0.2, 0.25) is 0 Å². The lowest BCUT2D eigenvalue weighted by molar-refractivity contribution is 0.493. The van der Waals surface area contributed by atoms with Gasteiger partial charge in [-0.3, -0.25) is 0 Å². The first kappa shape index (κ1) is 19.1. The van der Waals surface area contributed by atoms with Crippen molar-refractivity contribution in [3.63, 3.8) is 0 Å². The van der Waals surface area contributed by atoms with Gasteiger partial charge in [0.15, 0.2) is 28.2 Å². The van der Waals surface area contributed by atoms with E-state index in [1.165, 1.54) is 0 Å². The van der Waals surface area contributed by atoms with Crippen molar-refractivity contribution in [3.05, 3.63) is 59.7 Å². The van der Waals surface area contributed by atoms with E-state index < -0.39 is 59.5 Å². The molecule has 2 aromatic rings. The maximum absolute atomic E-state index is 13.5. The van der Waals surface area contributed by atoms with Gasteiger partial charge in [0.1, 0.15) is 31.2 Å². The highest BCUT2D eigenvalue weighted by molar-refractivity contribution is 8.12. The van der Waals surface area contributed by atoms with Crippen LogP contribution in [0.5, 0.6) is 11.5 Å². The third-order valence-electron chi connectivity index (χ3n) is 2.63. The van der Waals surface area contributed by atoms with Crippen molar-refractivity contribution in [1.29, 1.82) is 0 Å². The van der Waals surface area contributed by atoms with Crippen molar-refractivity contribution in [2.24, 2.45) is 0 Å². The zero-order chi connectivity index (χ0) is 18.8. The van der Waals surface area contributed by atoms with Crippen LogP contribution in [-0.2, 0) is 19.6 Å². The molecule has 0 aromatic heterocycles. The Balaban J connectivity index is 2.17. The largest absolute Gasteiger partial charge is 0.405 e. The first-order chi connectivity index (χ1) is 11.5. The fraction of sp³-hybridized carbons (Fsp3) is 0.0667. The van der Waals surface area contributed by atoms with Crippen LogP contribution in [0, 0.1) is 23.3 Å². The molecule has 0 saturated heterocycles. The summed E-state index contributed by atoms with van der Waals surface area (Å²) in [6.45, 7) is 0. The molecule has 0 unspecified atom stereocenters. The molecule has 0 atom stereocenters. The Morgan fingerprint density at radius 1 is 0.760 bits per heavy atom. The molecule has 0 aliphatic heterocycles. The van der Waals surface area contributed by atoms with E-state index in [4.69, 9.17) is 8.37 Å². The van der Waals surface area contributed by atoms with Crippen LogP contribution >= 0.6 is 0 Å². The van der Waals surface area contributed by atoms with E-state index in [0.717, 1.165) is 24.3 Å². The van der Waals surface area contributed by atoms with Gasteiger partial charge < -0.3 is 8.37 Å². The van der Waals surface area contributed by atoms with Crippen molar-refractivity contribution in [3.8, 4) is 11.5 Å². The summed E-state index contributed by atoms with van der Waals surface area (Å²) >= 11 is 0. The highest BCUT2D eigenvalue weighted by Gasteiger charge is 2.19. The average molecular weight is 396 g/mol. The molecule has 0 bridgehead atoms. The second-order valence-corrected chi connectivity index (χ2v) is 9.17. The number of halogens is 4. The summed E-state index contributed by atoms with van der Waals surface area (Å²) in [6.07, 6.45) is 0. The average Bonchev–Trinajstić information content (AvgIpc) is 2.44. The molecule has 4 nitrogen and oxygen atoms in total. The molecule has 0 N–H and O–H groups in total. The second kappa shape index (κ2) is 6.96. The van der Waals surface area contributed by atoms with Gasteiger partial charge in [-0.25, -0.2) is 26.0 Å². The topological polar surface area (TPSA) is 52.6 Å². The van der Waals surface area contributed by atoms with Crippen LogP contribution in [0.3, 0.4) is 0 Å². The quantitative estimate of drug-likeness (QED) is 0.557. The molecule has 0 fully saturated rings. The normalized spacial score (nSPS) is 15.8. The Morgan fingerprint density at radius 3 is 1.44 bits per heavy atom. The summed E-state index contributed by atoms with van der Waals surface area (Å²) in [6, 6.07) is 4.47. The molecular weight excluding hydrogens is 384 g/mol. The molecule has 0 spiro atoms. The number of benzene rings is 2. The van der Waals surface area contributed by atoms with E-state index in [-0.39, 0.29) is 0 Å². The number of hydrogen-bond donors (Lipinski definition) is 0. The molecule has 0 amide bonds. The van der Waals surface area contributed by atoms with E-state index in [9.17, 15) is 26.0 Å². The highest BCUT2D eigenvalue weighted by Crippen LogP contribution is 2.22. The van der Waals surface area contributed by atoms with Crippen molar-refractivity contribution in [1.82, 2.24) is 0 Å². The first-order valence-corrected chi connectivity index (χ1v) is 10.1. The minimum absolute atomic E-state index is 0.497. The predicted octanol–water partition coefficient (Wildman–Crippen LogP) is 2.92. The Morgan fingerprint density at radius 2 is 1.12 bits per heavy atom. The Bertz CT molecular complexity index is 921. The summed E-state index contributed by atoms with van der Waals surface area (Å²) in [5.74, 6) is 1.17. The molecule has 0 radical (unpaired) electrons. The molecule has 136 valence electrons. The van der Waals surface area contributed by atoms with Gasteiger partial charge in [-0.2, -0.15) is 0 Å². The molecule has 2 rings (SSSR count). The van der Waals surface area contributed by atoms with Crippen LogP contribution in [0.4, 0.5) is 17.6 Å². The maximum Gasteiger partial charge on any atom is 0.175 e. The predicted molar refractivity (Wildman–Crippen MR) is 89.4 cm³/mol. The van der Waals surface area contributed by atoms with Gasteiger partial charge in [-0.15, -0.1) is 0 Å². The van der Waals surface area contributed by atoms with Crippen molar-refractivity contribution in [2.45, 2.75) is 0 Å². The SMILES string of the molecule is C=S(=O)(CS(=C)(=O)Oc1ccc(F)cc1F)Oc1ccc(F)cc1F. The molecule has 25 heavy (non-hydrogen) atoms. The van der Waals surface area contributed by atoms with Gasteiger partial charge in [-0.05, 0) is 36.0 Å². The molecule has 10 heteroatoms. The summed E-state index contributed by atoms with van der Waals surface area (Å²) in [5, 5.41) is -0.909. The monoisotopic (exact) mass is 396 g/mol. The van der Waals surface area contributed by atoms with Gasteiger partial charge in [0.05, 0.1) is 0 Å². The molecule has 0 saturated carbocycles. The minimum atomic E-state index is -3.69. The summed E-state index contributed by atoms with van der Waals surface area (Å²) < 4.78 is 87.0. The van der Waals surface area contributed by atoms with Gasteiger partial charge in [0.25, 0.3) is 0 Å². The van der Waals surface area contributed by atoms with Crippen molar-refractivity contribution >= 4 is 31.3 Å². The molecular formula is C15H12F4O4S2. The molecule has 0 aliphatic rings. The first-order valence-electron chi connectivity index (χ1n) is 6.46. The van der Waals surface area contributed by atoms with Crippen LogP contribution in [0.1, 0.15) is 0 Å². The van der Waals surface area contributed by atoms with Gasteiger partial charge >= 0.3 is 0 Å². The Labute approximate surface area is 142 Å².